The van der Waals surface area contributed by atoms with Gasteiger partial charge in [-0.05, 0) is 55.7 Å². The van der Waals surface area contributed by atoms with Crippen molar-refractivity contribution in [1.29, 1.82) is 0 Å². The third-order valence-electron chi connectivity index (χ3n) is 4.07. The number of nitrogens with zero attached hydrogens (tertiary/aromatic N) is 3. The van der Waals surface area contributed by atoms with E-state index >= 15 is 0 Å². The molecule has 2 heterocycles. The van der Waals surface area contributed by atoms with Crippen LogP contribution in [0.25, 0.3) is 5.69 Å². The summed E-state index contributed by atoms with van der Waals surface area (Å²) in [5, 5.41) is 4.39. The number of hydrogen-bond acceptors (Lipinski definition) is 6. The molecule has 1 atom stereocenters. The van der Waals surface area contributed by atoms with E-state index in [1.807, 2.05) is 0 Å². The van der Waals surface area contributed by atoms with E-state index in [0.717, 1.165) is 12.8 Å². The highest BCUT2D eigenvalue weighted by molar-refractivity contribution is 8.01. The molecule has 1 aromatic carbocycles. The first-order valence-corrected chi connectivity index (χ1v) is 10.2. The van der Waals surface area contributed by atoms with Crippen LogP contribution < -0.4 is 5.73 Å². The van der Waals surface area contributed by atoms with Gasteiger partial charge in [0.2, 0.25) is 11.8 Å². The zero-order chi connectivity index (χ0) is 18.7. The summed E-state index contributed by atoms with van der Waals surface area (Å²) < 4.78 is 15.7. The molecule has 0 bridgehead atoms. The van der Waals surface area contributed by atoms with Gasteiger partial charge in [0, 0.05) is 6.54 Å². The summed E-state index contributed by atoms with van der Waals surface area (Å²) in [6.07, 6.45) is 2.39. The van der Waals surface area contributed by atoms with E-state index in [4.69, 9.17) is 18.0 Å². The number of thioether (sulfide) groups is 1. The summed E-state index contributed by atoms with van der Waals surface area (Å²) in [5.74, 6) is -0.761. The standard InChI is InChI=1S/C16H17FN4O2S3/c17-10-4-6-11(7-5-10)21-16(24)26-15(19-21)25-9-13(22)20-8-2-1-3-12(20)14(18)23/h4-7,12H,1-3,8-9H2,(H2,18,23)/t12-/m1/s1. The Morgan fingerprint density at radius 1 is 1.35 bits per heavy atom. The number of likely N-dealkylation sites (tertiary alicyclic amines) is 1. The van der Waals surface area contributed by atoms with Crippen molar-refractivity contribution < 1.29 is 14.0 Å². The van der Waals surface area contributed by atoms with Crippen LogP contribution in [0.5, 0.6) is 0 Å². The van der Waals surface area contributed by atoms with E-state index in [1.54, 1.807) is 21.7 Å². The van der Waals surface area contributed by atoms with Gasteiger partial charge in [-0.15, -0.1) is 5.10 Å². The van der Waals surface area contributed by atoms with Crippen molar-refractivity contribution in [3.8, 4) is 5.69 Å². The van der Waals surface area contributed by atoms with Crippen molar-refractivity contribution >= 4 is 47.1 Å². The van der Waals surface area contributed by atoms with Crippen LogP contribution >= 0.6 is 35.3 Å². The molecule has 1 aliphatic heterocycles. The van der Waals surface area contributed by atoms with Gasteiger partial charge in [0.1, 0.15) is 11.9 Å². The number of carbonyl (C=O) groups is 2. The number of amides is 2. The van der Waals surface area contributed by atoms with Crippen LogP contribution in [0.3, 0.4) is 0 Å². The lowest BCUT2D eigenvalue weighted by Gasteiger charge is -2.33. The van der Waals surface area contributed by atoms with E-state index in [2.05, 4.69) is 5.10 Å². The average molecular weight is 413 g/mol. The molecular formula is C16H17FN4O2S3. The average Bonchev–Trinajstić information content (AvgIpc) is 3.01. The number of piperidine rings is 1. The Morgan fingerprint density at radius 3 is 2.77 bits per heavy atom. The number of benzene rings is 1. The topological polar surface area (TPSA) is 81.2 Å². The maximum absolute atomic E-state index is 13.1. The van der Waals surface area contributed by atoms with E-state index in [1.165, 1.54) is 35.2 Å². The number of aromatic nitrogens is 2. The van der Waals surface area contributed by atoms with Gasteiger partial charge in [0.05, 0.1) is 11.4 Å². The molecule has 10 heteroatoms. The van der Waals surface area contributed by atoms with Gasteiger partial charge in [-0.3, -0.25) is 9.59 Å². The summed E-state index contributed by atoms with van der Waals surface area (Å²) >= 11 is 7.85. The van der Waals surface area contributed by atoms with Crippen LogP contribution in [0, 0.1) is 9.77 Å². The molecule has 3 rings (SSSR count). The highest BCUT2D eigenvalue weighted by Gasteiger charge is 2.30. The first-order valence-electron chi connectivity index (χ1n) is 8.03. The van der Waals surface area contributed by atoms with Crippen LogP contribution in [0.2, 0.25) is 0 Å². The molecule has 2 aromatic rings. The Balaban J connectivity index is 1.67. The Morgan fingerprint density at radius 2 is 2.08 bits per heavy atom. The number of hydrogen-bond donors (Lipinski definition) is 1. The fourth-order valence-corrected chi connectivity index (χ4v) is 5.04. The summed E-state index contributed by atoms with van der Waals surface area (Å²) in [5.41, 5.74) is 6.07. The predicted octanol–water partition coefficient (Wildman–Crippen LogP) is 2.76. The van der Waals surface area contributed by atoms with Gasteiger partial charge in [0.15, 0.2) is 8.29 Å². The predicted molar refractivity (Wildman–Crippen MR) is 102 cm³/mol. The molecule has 138 valence electrons. The monoisotopic (exact) mass is 412 g/mol. The normalized spacial score (nSPS) is 17.3. The number of primary amides is 1. The molecule has 26 heavy (non-hydrogen) atoms. The minimum Gasteiger partial charge on any atom is -0.368 e. The molecule has 0 unspecified atom stereocenters. The van der Waals surface area contributed by atoms with Gasteiger partial charge in [-0.2, -0.15) is 0 Å². The number of nitrogens with two attached hydrogens (primary N) is 1. The lowest BCUT2D eigenvalue weighted by atomic mass is 10.0. The summed E-state index contributed by atoms with van der Waals surface area (Å²) in [4.78, 5) is 25.6. The van der Waals surface area contributed by atoms with Crippen LogP contribution in [0.1, 0.15) is 19.3 Å². The van der Waals surface area contributed by atoms with E-state index in [9.17, 15) is 14.0 Å². The van der Waals surface area contributed by atoms with E-state index in [0.29, 0.717) is 26.9 Å². The third-order valence-corrected chi connectivity index (χ3v) is 6.42. The molecule has 2 N–H and O–H groups in total. The lowest BCUT2D eigenvalue weighted by molar-refractivity contribution is -0.138. The molecule has 1 fully saturated rings. The second-order valence-corrected chi connectivity index (χ2v) is 8.66. The number of carbonyl (C=O) groups excluding carboxylic acids is 2. The number of halogens is 1. The first kappa shape index (κ1) is 19.0. The maximum Gasteiger partial charge on any atom is 0.240 e. The fraction of sp³-hybridized carbons (Fsp3) is 0.375. The molecule has 1 aliphatic rings. The van der Waals surface area contributed by atoms with Crippen LogP contribution in [-0.4, -0.2) is 44.8 Å². The first-order chi connectivity index (χ1) is 12.5. The summed E-state index contributed by atoms with van der Waals surface area (Å²) in [6.45, 7) is 0.548. The van der Waals surface area contributed by atoms with E-state index in [-0.39, 0.29) is 17.5 Å². The Hall–Kier alpha value is -1.78. The largest absolute Gasteiger partial charge is 0.368 e. The smallest absolute Gasteiger partial charge is 0.240 e. The molecule has 6 nitrogen and oxygen atoms in total. The molecule has 0 radical (unpaired) electrons. The van der Waals surface area contributed by atoms with Gasteiger partial charge in [-0.1, -0.05) is 23.1 Å². The van der Waals surface area contributed by atoms with Gasteiger partial charge < -0.3 is 10.6 Å². The van der Waals surface area contributed by atoms with Crippen LogP contribution in [0.15, 0.2) is 28.6 Å². The molecule has 0 aliphatic carbocycles. The molecule has 0 saturated carbocycles. The molecule has 1 aromatic heterocycles. The zero-order valence-electron chi connectivity index (χ0n) is 13.8. The SMILES string of the molecule is NC(=O)[C@H]1CCCCN1C(=O)CSc1nn(-c2ccc(F)cc2)c(=S)s1. The summed E-state index contributed by atoms with van der Waals surface area (Å²) in [7, 11) is 0. The quantitative estimate of drug-likeness (QED) is 0.603. The number of rotatable bonds is 5. The van der Waals surface area contributed by atoms with Crippen molar-refractivity contribution in [3.05, 3.63) is 34.0 Å². The Kier molecular flexibility index (Phi) is 6.05. The van der Waals surface area contributed by atoms with Crippen molar-refractivity contribution in [3.63, 3.8) is 0 Å². The highest BCUT2D eigenvalue weighted by Crippen LogP contribution is 2.26. The lowest BCUT2D eigenvalue weighted by Crippen LogP contribution is -2.51. The van der Waals surface area contributed by atoms with Crippen molar-refractivity contribution in [2.45, 2.75) is 29.6 Å². The third kappa shape index (κ3) is 4.30. The van der Waals surface area contributed by atoms with Gasteiger partial charge >= 0.3 is 0 Å². The zero-order valence-corrected chi connectivity index (χ0v) is 16.2. The van der Waals surface area contributed by atoms with Gasteiger partial charge in [-0.25, -0.2) is 9.07 Å². The second-order valence-electron chi connectivity index (χ2n) is 5.81. The van der Waals surface area contributed by atoms with Crippen molar-refractivity contribution in [2.75, 3.05) is 12.3 Å². The van der Waals surface area contributed by atoms with Crippen molar-refractivity contribution in [1.82, 2.24) is 14.7 Å². The van der Waals surface area contributed by atoms with E-state index < -0.39 is 11.9 Å². The fourth-order valence-electron chi connectivity index (χ4n) is 2.80. The van der Waals surface area contributed by atoms with Crippen molar-refractivity contribution in [2.24, 2.45) is 5.73 Å². The second kappa shape index (κ2) is 8.28. The summed E-state index contributed by atoms with van der Waals surface area (Å²) in [6, 6.07) is 5.35. The Bertz CT molecular complexity index is 865. The van der Waals surface area contributed by atoms with Gasteiger partial charge in [0.25, 0.3) is 0 Å². The molecule has 2 amide bonds. The molecular weight excluding hydrogens is 395 g/mol. The minimum atomic E-state index is -0.521. The molecule has 0 spiro atoms. The minimum absolute atomic E-state index is 0.132. The van der Waals surface area contributed by atoms with Crippen LogP contribution in [0.4, 0.5) is 4.39 Å². The Labute approximate surface area is 163 Å². The maximum atomic E-state index is 13.1. The highest BCUT2D eigenvalue weighted by atomic mass is 32.2. The van der Waals surface area contributed by atoms with Crippen LogP contribution in [-0.2, 0) is 9.59 Å². The molecule has 1 saturated heterocycles.